The van der Waals surface area contributed by atoms with Gasteiger partial charge in [-0.3, -0.25) is 9.36 Å². The zero-order chi connectivity index (χ0) is 15.4. The van der Waals surface area contributed by atoms with Gasteiger partial charge in [0.05, 0.1) is 23.4 Å². The first kappa shape index (κ1) is 16.1. The topological polar surface area (TPSA) is 77.2 Å². The summed E-state index contributed by atoms with van der Waals surface area (Å²) in [7, 11) is 0. The number of pyridine rings is 1. The van der Waals surface area contributed by atoms with Gasteiger partial charge in [-0.05, 0) is 19.9 Å². The van der Waals surface area contributed by atoms with Crippen molar-refractivity contribution in [3.63, 3.8) is 0 Å². The molecule has 0 aliphatic heterocycles. The lowest BCUT2D eigenvalue weighted by molar-refractivity contribution is -0.133. The molecule has 0 spiro atoms. The average Bonchev–Trinajstić information content (AvgIpc) is 2.79. The van der Waals surface area contributed by atoms with Gasteiger partial charge < -0.3 is 9.84 Å². The molecule has 0 amide bonds. The Labute approximate surface area is 131 Å². The molecule has 0 aromatic carbocycles. The Kier molecular flexibility index (Phi) is 5.44. The van der Waals surface area contributed by atoms with Crippen molar-refractivity contribution in [1.82, 2.24) is 14.5 Å². The number of rotatable bonds is 7. The molecule has 2 rings (SSSR count). The zero-order valence-corrected chi connectivity index (χ0v) is 13.3. The van der Waals surface area contributed by atoms with Gasteiger partial charge in [0.25, 0.3) is 0 Å². The van der Waals surface area contributed by atoms with E-state index in [4.69, 9.17) is 21.4 Å². The molecule has 21 heavy (non-hydrogen) atoms. The largest absolute Gasteiger partial charge is 0.481 e. The number of ether oxygens (including phenoxy) is 1. The lowest BCUT2D eigenvalue weighted by atomic mass is 10.3. The van der Waals surface area contributed by atoms with E-state index in [9.17, 15) is 4.79 Å². The van der Waals surface area contributed by atoms with Crippen molar-refractivity contribution in [3.05, 3.63) is 17.3 Å². The van der Waals surface area contributed by atoms with Crippen molar-refractivity contribution in [2.75, 3.05) is 19.0 Å². The lowest BCUT2D eigenvalue weighted by Gasteiger charge is -2.16. The van der Waals surface area contributed by atoms with E-state index in [0.29, 0.717) is 34.6 Å². The Bertz CT molecular complexity index is 647. The number of nitrogens with zero attached hydrogens (tertiary/aromatic N) is 3. The second kappa shape index (κ2) is 7.11. The van der Waals surface area contributed by atoms with Crippen LogP contribution in [0.2, 0.25) is 5.02 Å². The van der Waals surface area contributed by atoms with Gasteiger partial charge in [0, 0.05) is 12.8 Å². The summed E-state index contributed by atoms with van der Waals surface area (Å²) in [5.41, 5.74) is 1.33. The number of imidazole rings is 1. The van der Waals surface area contributed by atoms with E-state index < -0.39 is 5.97 Å². The third-order valence-corrected chi connectivity index (χ3v) is 3.94. The number of halogens is 1. The van der Waals surface area contributed by atoms with Crippen LogP contribution in [0.3, 0.4) is 0 Å². The van der Waals surface area contributed by atoms with Crippen LogP contribution in [-0.2, 0) is 9.53 Å². The first-order valence-corrected chi connectivity index (χ1v) is 7.85. The fraction of sp³-hybridized carbons (Fsp3) is 0.462. The maximum atomic E-state index is 10.8. The van der Waals surface area contributed by atoms with Crippen LogP contribution in [-0.4, -0.2) is 44.6 Å². The SMILES string of the molecule is CCOCC(C)n1c(SCC(=O)O)nc2cc(Cl)cnc21. The Morgan fingerprint density at radius 1 is 1.62 bits per heavy atom. The molecule has 0 saturated heterocycles. The smallest absolute Gasteiger partial charge is 0.313 e. The summed E-state index contributed by atoms with van der Waals surface area (Å²) in [6.07, 6.45) is 1.56. The van der Waals surface area contributed by atoms with Gasteiger partial charge in [-0.25, -0.2) is 9.97 Å². The van der Waals surface area contributed by atoms with E-state index in [-0.39, 0.29) is 11.8 Å². The Morgan fingerprint density at radius 3 is 3.05 bits per heavy atom. The van der Waals surface area contributed by atoms with E-state index >= 15 is 0 Å². The highest BCUT2D eigenvalue weighted by molar-refractivity contribution is 7.99. The summed E-state index contributed by atoms with van der Waals surface area (Å²) in [5.74, 6) is -0.944. The highest BCUT2D eigenvalue weighted by Crippen LogP contribution is 2.28. The van der Waals surface area contributed by atoms with Crippen molar-refractivity contribution in [2.45, 2.75) is 25.0 Å². The molecule has 6 nitrogen and oxygen atoms in total. The highest BCUT2D eigenvalue weighted by atomic mass is 35.5. The fourth-order valence-electron chi connectivity index (χ4n) is 1.93. The number of aliphatic carboxylic acids is 1. The maximum Gasteiger partial charge on any atom is 0.313 e. The third-order valence-electron chi connectivity index (χ3n) is 2.79. The Hall–Kier alpha value is -1.31. The molecule has 0 radical (unpaired) electrons. The quantitative estimate of drug-likeness (QED) is 0.787. The summed E-state index contributed by atoms with van der Waals surface area (Å²) >= 11 is 7.10. The lowest BCUT2D eigenvalue weighted by Crippen LogP contribution is -2.14. The van der Waals surface area contributed by atoms with E-state index in [0.717, 1.165) is 11.8 Å². The Balaban J connectivity index is 2.41. The van der Waals surface area contributed by atoms with Crippen LogP contribution >= 0.6 is 23.4 Å². The van der Waals surface area contributed by atoms with Gasteiger partial charge in [0.15, 0.2) is 10.8 Å². The molecule has 1 atom stereocenters. The first-order valence-electron chi connectivity index (χ1n) is 6.48. The molecule has 0 saturated carbocycles. The first-order chi connectivity index (χ1) is 10.0. The molecule has 2 heterocycles. The number of hydrogen-bond acceptors (Lipinski definition) is 5. The van der Waals surface area contributed by atoms with Gasteiger partial charge in [-0.2, -0.15) is 0 Å². The summed E-state index contributed by atoms with van der Waals surface area (Å²) in [6, 6.07) is 1.72. The van der Waals surface area contributed by atoms with Gasteiger partial charge in [-0.15, -0.1) is 0 Å². The summed E-state index contributed by atoms with van der Waals surface area (Å²) in [6.45, 7) is 5.04. The molecule has 0 aliphatic rings. The fourth-order valence-corrected chi connectivity index (χ4v) is 2.90. The minimum Gasteiger partial charge on any atom is -0.481 e. The van der Waals surface area contributed by atoms with E-state index in [1.54, 1.807) is 12.3 Å². The number of aromatic nitrogens is 3. The van der Waals surface area contributed by atoms with Crippen LogP contribution < -0.4 is 0 Å². The van der Waals surface area contributed by atoms with Crippen molar-refractivity contribution in [2.24, 2.45) is 0 Å². The summed E-state index contributed by atoms with van der Waals surface area (Å²) in [5, 5.41) is 9.95. The van der Waals surface area contributed by atoms with Crippen LogP contribution in [0.4, 0.5) is 0 Å². The predicted molar refractivity (Wildman–Crippen MR) is 82.1 cm³/mol. The number of carbonyl (C=O) groups is 1. The summed E-state index contributed by atoms with van der Waals surface area (Å²) < 4.78 is 7.34. The van der Waals surface area contributed by atoms with E-state index in [1.807, 2.05) is 18.4 Å². The Morgan fingerprint density at radius 2 is 2.38 bits per heavy atom. The van der Waals surface area contributed by atoms with Crippen molar-refractivity contribution in [1.29, 1.82) is 0 Å². The minimum atomic E-state index is -0.887. The molecular formula is C13H16ClN3O3S. The number of carboxylic acids is 1. The minimum absolute atomic E-state index is 0.0000737. The molecule has 0 bridgehead atoms. The van der Waals surface area contributed by atoms with E-state index in [2.05, 4.69) is 9.97 Å². The standard InChI is InChI=1S/C13H16ClN3O3S/c1-3-20-6-8(2)17-12-10(4-9(14)5-15-12)16-13(17)21-7-11(18)19/h4-5,8H,3,6-7H2,1-2H3,(H,18,19). The summed E-state index contributed by atoms with van der Waals surface area (Å²) in [4.78, 5) is 19.5. The molecule has 8 heteroatoms. The molecule has 114 valence electrons. The zero-order valence-electron chi connectivity index (χ0n) is 11.7. The van der Waals surface area contributed by atoms with Gasteiger partial charge in [0.2, 0.25) is 0 Å². The van der Waals surface area contributed by atoms with Crippen molar-refractivity contribution >= 4 is 40.5 Å². The molecule has 2 aromatic heterocycles. The number of fused-ring (bicyclic) bond motifs is 1. The van der Waals surface area contributed by atoms with E-state index in [1.165, 1.54) is 0 Å². The molecule has 1 N–H and O–H groups in total. The second-order valence-electron chi connectivity index (χ2n) is 4.45. The predicted octanol–water partition coefficient (Wildman–Crippen LogP) is 2.86. The third kappa shape index (κ3) is 3.87. The highest BCUT2D eigenvalue weighted by Gasteiger charge is 2.18. The van der Waals surface area contributed by atoms with Crippen LogP contribution in [0, 0.1) is 0 Å². The van der Waals surface area contributed by atoms with Gasteiger partial charge in [-0.1, -0.05) is 23.4 Å². The maximum absolute atomic E-state index is 10.8. The van der Waals surface area contributed by atoms with Crippen LogP contribution in [0.5, 0.6) is 0 Å². The average molecular weight is 330 g/mol. The van der Waals surface area contributed by atoms with Gasteiger partial charge >= 0.3 is 5.97 Å². The van der Waals surface area contributed by atoms with Crippen molar-refractivity contribution in [3.8, 4) is 0 Å². The molecule has 1 unspecified atom stereocenters. The molecule has 0 aliphatic carbocycles. The van der Waals surface area contributed by atoms with Crippen molar-refractivity contribution < 1.29 is 14.6 Å². The molecule has 0 fully saturated rings. The van der Waals surface area contributed by atoms with Gasteiger partial charge in [0.1, 0.15) is 5.52 Å². The number of hydrogen-bond donors (Lipinski definition) is 1. The van der Waals surface area contributed by atoms with Crippen LogP contribution in [0.25, 0.3) is 11.2 Å². The van der Waals surface area contributed by atoms with Crippen LogP contribution in [0.1, 0.15) is 19.9 Å². The van der Waals surface area contributed by atoms with Crippen LogP contribution in [0.15, 0.2) is 17.4 Å². The molecule has 2 aromatic rings. The second-order valence-corrected chi connectivity index (χ2v) is 5.83. The normalized spacial score (nSPS) is 12.7. The number of carboxylic acid groups (broad SMARTS) is 1. The molecular weight excluding hydrogens is 314 g/mol. The number of thioether (sulfide) groups is 1. The monoisotopic (exact) mass is 329 g/mol.